The maximum absolute atomic E-state index is 12.4. The molecule has 3 N–H and O–H groups in total. The summed E-state index contributed by atoms with van der Waals surface area (Å²) in [5, 5.41) is 15.2. The Balaban J connectivity index is 2.11. The van der Waals surface area contributed by atoms with Crippen LogP contribution in [-0.4, -0.2) is 24.0 Å². The third-order valence-electron chi connectivity index (χ3n) is 4.06. The molecule has 114 valence electrons. The van der Waals surface area contributed by atoms with Gasteiger partial charge >= 0.3 is 5.97 Å². The summed E-state index contributed by atoms with van der Waals surface area (Å²) < 4.78 is 0. The molecule has 0 unspecified atom stereocenters. The Labute approximate surface area is 124 Å². The van der Waals surface area contributed by atoms with Crippen molar-refractivity contribution in [2.45, 2.75) is 32.2 Å². The number of amides is 1. The minimum Gasteiger partial charge on any atom is -0.481 e. The van der Waals surface area contributed by atoms with Crippen LogP contribution in [0.5, 0.6) is 0 Å². The Kier molecular flexibility index (Phi) is 5.33. The van der Waals surface area contributed by atoms with Crippen molar-refractivity contribution >= 4 is 17.6 Å². The first-order chi connectivity index (χ1) is 10.1. The molecule has 0 spiro atoms. The van der Waals surface area contributed by atoms with Crippen LogP contribution in [0, 0.1) is 11.8 Å². The van der Waals surface area contributed by atoms with Gasteiger partial charge in [0.15, 0.2) is 0 Å². The lowest BCUT2D eigenvalue weighted by atomic mass is 9.78. The molecule has 21 heavy (non-hydrogen) atoms. The van der Waals surface area contributed by atoms with E-state index in [2.05, 4.69) is 10.6 Å². The van der Waals surface area contributed by atoms with Crippen molar-refractivity contribution in [3.63, 3.8) is 0 Å². The van der Waals surface area contributed by atoms with E-state index < -0.39 is 17.8 Å². The molecular formula is C16H22N2O3. The van der Waals surface area contributed by atoms with Crippen molar-refractivity contribution in [1.82, 2.24) is 5.32 Å². The summed E-state index contributed by atoms with van der Waals surface area (Å²) in [5.74, 6) is -2.03. The maximum Gasteiger partial charge on any atom is 0.307 e. The maximum atomic E-state index is 12.4. The summed E-state index contributed by atoms with van der Waals surface area (Å²) in [6, 6.07) is 7.58. The topological polar surface area (TPSA) is 78.4 Å². The van der Waals surface area contributed by atoms with E-state index in [0.29, 0.717) is 19.4 Å². The number of para-hydroxylation sites is 1. The molecule has 0 radical (unpaired) electrons. The minimum atomic E-state index is -0.863. The number of carbonyl (C=O) groups is 2. The normalized spacial score (nSPS) is 21.8. The van der Waals surface area contributed by atoms with Crippen molar-refractivity contribution in [2.24, 2.45) is 11.8 Å². The Bertz CT molecular complexity index is 516. The van der Waals surface area contributed by atoms with E-state index in [0.717, 1.165) is 24.1 Å². The number of hydrogen-bond donors (Lipinski definition) is 3. The average molecular weight is 290 g/mol. The molecule has 1 aromatic rings. The summed E-state index contributed by atoms with van der Waals surface area (Å²) in [7, 11) is 1.85. The van der Waals surface area contributed by atoms with Gasteiger partial charge in [0.2, 0.25) is 5.91 Å². The monoisotopic (exact) mass is 290 g/mol. The second-order valence-corrected chi connectivity index (χ2v) is 5.51. The van der Waals surface area contributed by atoms with E-state index in [1.807, 2.05) is 31.3 Å². The van der Waals surface area contributed by atoms with Gasteiger partial charge in [-0.1, -0.05) is 31.0 Å². The van der Waals surface area contributed by atoms with E-state index in [4.69, 9.17) is 0 Å². The summed E-state index contributed by atoms with van der Waals surface area (Å²) in [6.45, 7) is 0.656. The Morgan fingerprint density at radius 1 is 1.19 bits per heavy atom. The number of hydrogen-bond acceptors (Lipinski definition) is 3. The molecule has 2 rings (SSSR count). The second-order valence-electron chi connectivity index (χ2n) is 5.51. The van der Waals surface area contributed by atoms with Gasteiger partial charge in [-0.25, -0.2) is 0 Å². The molecule has 5 nitrogen and oxygen atoms in total. The molecule has 2 atom stereocenters. The molecule has 1 amide bonds. The first-order valence-corrected chi connectivity index (χ1v) is 7.39. The average Bonchev–Trinajstić information content (AvgIpc) is 2.49. The summed E-state index contributed by atoms with van der Waals surface area (Å²) in [4.78, 5) is 23.7. The van der Waals surface area contributed by atoms with Crippen LogP contribution in [0.3, 0.4) is 0 Å². The van der Waals surface area contributed by atoms with Crippen molar-refractivity contribution in [2.75, 3.05) is 12.4 Å². The minimum absolute atomic E-state index is 0.175. The van der Waals surface area contributed by atoms with Gasteiger partial charge in [0.05, 0.1) is 11.8 Å². The highest BCUT2D eigenvalue weighted by Gasteiger charge is 2.35. The molecule has 0 bridgehead atoms. The first-order valence-electron chi connectivity index (χ1n) is 7.39. The highest BCUT2D eigenvalue weighted by atomic mass is 16.4. The summed E-state index contributed by atoms with van der Waals surface area (Å²) in [6.07, 6.45) is 3.04. The number of nitrogens with one attached hydrogen (secondary N) is 2. The lowest BCUT2D eigenvalue weighted by Gasteiger charge is -2.27. The van der Waals surface area contributed by atoms with Crippen molar-refractivity contribution in [3.05, 3.63) is 29.8 Å². The van der Waals surface area contributed by atoms with Crippen molar-refractivity contribution in [3.8, 4) is 0 Å². The fourth-order valence-corrected chi connectivity index (χ4v) is 2.95. The van der Waals surface area contributed by atoms with Crippen LogP contribution in [0.25, 0.3) is 0 Å². The molecule has 1 fully saturated rings. The van der Waals surface area contributed by atoms with Gasteiger partial charge in [0, 0.05) is 12.2 Å². The second kappa shape index (κ2) is 7.22. The molecule has 0 heterocycles. The van der Waals surface area contributed by atoms with Crippen LogP contribution in [-0.2, 0) is 16.1 Å². The Hall–Kier alpha value is -1.88. The SMILES string of the molecule is CNCc1ccccc1NC(=O)[C@@H]1CCCC[C@@H]1C(=O)O. The molecule has 0 saturated heterocycles. The quantitative estimate of drug-likeness (QED) is 0.777. The van der Waals surface area contributed by atoms with Gasteiger partial charge in [0.1, 0.15) is 0 Å². The van der Waals surface area contributed by atoms with E-state index in [-0.39, 0.29) is 5.91 Å². The lowest BCUT2D eigenvalue weighted by molar-refractivity contribution is -0.147. The van der Waals surface area contributed by atoms with Gasteiger partial charge < -0.3 is 15.7 Å². The van der Waals surface area contributed by atoms with Gasteiger partial charge in [-0.2, -0.15) is 0 Å². The largest absolute Gasteiger partial charge is 0.481 e. The number of aliphatic carboxylic acids is 1. The van der Waals surface area contributed by atoms with E-state index >= 15 is 0 Å². The zero-order valence-corrected chi connectivity index (χ0v) is 12.3. The summed E-state index contributed by atoms with van der Waals surface area (Å²) >= 11 is 0. The fourth-order valence-electron chi connectivity index (χ4n) is 2.95. The Morgan fingerprint density at radius 2 is 1.86 bits per heavy atom. The zero-order chi connectivity index (χ0) is 15.2. The van der Waals surface area contributed by atoms with Crippen molar-refractivity contribution < 1.29 is 14.7 Å². The molecular weight excluding hydrogens is 268 g/mol. The van der Waals surface area contributed by atoms with Crippen LogP contribution < -0.4 is 10.6 Å². The number of rotatable bonds is 5. The van der Waals surface area contributed by atoms with E-state index in [9.17, 15) is 14.7 Å². The Morgan fingerprint density at radius 3 is 2.52 bits per heavy atom. The highest BCUT2D eigenvalue weighted by molar-refractivity contribution is 5.95. The molecule has 1 saturated carbocycles. The third-order valence-corrected chi connectivity index (χ3v) is 4.06. The summed E-state index contributed by atoms with van der Waals surface area (Å²) in [5.41, 5.74) is 1.75. The highest BCUT2D eigenvalue weighted by Crippen LogP contribution is 2.31. The third kappa shape index (κ3) is 3.82. The van der Waals surface area contributed by atoms with Gasteiger partial charge in [0.25, 0.3) is 0 Å². The molecule has 1 aliphatic carbocycles. The lowest BCUT2D eigenvalue weighted by Crippen LogP contribution is -2.36. The van der Waals surface area contributed by atoms with Crippen LogP contribution >= 0.6 is 0 Å². The molecule has 0 aromatic heterocycles. The number of anilines is 1. The van der Waals surface area contributed by atoms with Crippen LogP contribution in [0.1, 0.15) is 31.2 Å². The fraction of sp³-hybridized carbons (Fsp3) is 0.500. The van der Waals surface area contributed by atoms with Gasteiger partial charge in [-0.15, -0.1) is 0 Å². The number of benzene rings is 1. The van der Waals surface area contributed by atoms with Crippen LogP contribution in [0.15, 0.2) is 24.3 Å². The van der Waals surface area contributed by atoms with E-state index in [1.165, 1.54) is 0 Å². The molecule has 0 aliphatic heterocycles. The van der Waals surface area contributed by atoms with Crippen molar-refractivity contribution in [1.29, 1.82) is 0 Å². The number of carboxylic acids is 1. The van der Waals surface area contributed by atoms with Gasteiger partial charge in [-0.3, -0.25) is 9.59 Å². The smallest absolute Gasteiger partial charge is 0.307 e. The first kappa shape index (κ1) is 15.5. The van der Waals surface area contributed by atoms with Crippen LogP contribution in [0.4, 0.5) is 5.69 Å². The van der Waals surface area contributed by atoms with E-state index in [1.54, 1.807) is 0 Å². The van der Waals surface area contributed by atoms with Gasteiger partial charge in [-0.05, 0) is 31.5 Å². The predicted octanol–water partition coefficient (Wildman–Crippen LogP) is 2.24. The standard InChI is InChI=1S/C16H22N2O3/c1-17-10-11-6-2-5-9-14(11)18-15(19)12-7-3-4-8-13(12)16(20)21/h2,5-6,9,12-13,17H,3-4,7-8,10H2,1H3,(H,18,19)(H,20,21)/t12-,13+/m1/s1. The molecule has 1 aliphatic rings. The predicted molar refractivity (Wildman–Crippen MR) is 80.9 cm³/mol. The molecule has 5 heteroatoms. The number of carbonyl (C=O) groups excluding carboxylic acids is 1. The number of carboxylic acid groups (broad SMARTS) is 1. The zero-order valence-electron chi connectivity index (χ0n) is 12.3. The van der Waals surface area contributed by atoms with Crippen LogP contribution in [0.2, 0.25) is 0 Å². The molecule has 1 aromatic carbocycles.